The average molecular weight is 374 g/mol. The Morgan fingerprint density at radius 1 is 1.12 bits per heavy atom. The number of sulfonamides is 1. The Balaban J connectivity index is 1.94. The van der Waals surface area contributed by atoms with Gasteiger partial charge in [-0.1, -0.05) is 12.5 Å². The Morgan fingerprint density at radius 2 is 1.79 bits per heavy atom. The first-order valence-electron chi connectivity index (χ1n) is 7.76. The van der Waals surface area contributed by atoms with Crippen molar-refractivity contribution < 1.29 is 21.6 Å². The smallest absolute Gasteiger partial charge is 0.251 e. The van der Waals surface area contributed by atoms with Crippen LogP contribution in [0.4, 0.5) is 0 Å². The van der Waals surface area contributed by atoms with Gasteiger partial charge in [0, 0.05) is 31.5 Å². The Kier molecular flexibility index (Phi) is 6.00. The summed E-state index contributed by atoms with van der Waals surface area (Å²) in [4.78, 5) is 12.1. The standard InChI is InChI=1S/C15H22N2O5S2/c1-23(19,20)14-7-5-6-13(12-14)15(18)16-8-11-24(21,22)17-9-3-2-4-10-17/h5-7,12H,2-4,8-11H2,1H3,(H,16,18). The first-order valence-corrected chi connectivity index (χ1v) is 11.3. The summed E-state index contributed by atoms with van der Waals surface area (Å²) in [7, 11) is -6.77. The van der Waals surface area contributed by atoms with E-state index in [0.717, 1.165) is 25.5 Å². The van der Waals surface area contributed by atoms with Gasteiger partial charge in [-0.15, -0.1) is 0 Å². The molecule has 24 heavy (non-hydrogen) atoms. The summed E-state index contributed by atoms with van der Waals surface area (Å²) in [6.45, 7) is 1.06. The van der Waals surface area contributed by atoms with Crippen LogP contribution in [0.15, 0.2) is 29.2 Å². The lowest BCUT2D eigenvalue weighted by molar-refractivity contribution is 0.0956. The third kappa shape index (κ3) is 5.02. The SMILES string of the molecule is CS(=O)(=O)c1cccc(C(=O)NCCS(=O)(=O)N2CCCCC2)c1. The zero-order valence-corrected chi connectivity index (χ0v) is 15.2. The van der Waals surface area contributed by atoms with Gasteiger partial charge in [-0.2, -0.15) is 0 Å². The molecule has 0 bridgehead atoms. The van der Waals surface area contributed by atoms with Gasteiger partial charge in [-0.3, -0.25) is 4.79 Å². The predicted molar refractivity (Wildman–Crippen MR) is 91.1 cm³/mol. The number of carbonyl (C=O) groups excluding carboxylic acids is 1. The maximum Gasteiger partial charge on any atom is 0.251 e. The topological polar surface area (TPSA) is 101 Å². The highest BCUT2D eigenvalue weighted by molar-refractivity contribution is 7.90. The van der Waals surface area contributed by atoms with Crippen molar-refractivity contribution in [2.75, 3.05) is 31.6 Å². The van der Waals surface area contributed by atoms with E-state index in [9.17, 15) is 21.6 Å². The third-order valence-corrected chi connectivity index (χ3v) is 6.86. The van der Waals surface area contributed by atoms with Crippen molar-refractivity contribution in [3.63, 3.8) is 0 Å². The molecule has 0 aromatic heterocycles. The number of piperidine rings is 1. The molecule has 0 aliphatic carbocycles. The van der Waals surface area contributed by atoms with E-state index in [1.54, 1.807) is 0 Å². The summed E-state index contributed by atoms with van der Waals surface area (Å²) in [6.07, 6.45) is 3.84. The minimum absolute atomic E-state index is 0.0131. The minimum Gasteiger partial charge on any atom is -0.351 e. The molecule has 0 spiro atoms. The van der Waals surface area contributed by atoms with Crippen LogP contribution in [0, 0.1) is 0 Å². The third-order valence-electron chi connectivity index (χ3n) is 3.88. The second-order valence-corrected chi connectivity index (χ2v) is 9.94. The van der Waals surface area contributed by atoms with Crippen molar-refractivity contribution in [3.8, 4) is 0 Å². The quantitative estimate of drug-likeness (QED) is 0.787. The Bertz CT molecular complexity index is 797. The number of nitrogens with zero attached hydrogens (tertiary/aromatic N) is 1. The predicted octanol–water partition coefficient (Wildman–Crippen LogP) is 0.636. The molecular formula is C15H22N2O5S2. The largest absolute Gasteiger partial charge is 0.351 e. The lowest BCUT2D eigenvalue weighted by Crippen LogP contribution is -2.40. The second-order valence-electron chi connectivity index (χ2n) is 5.83. The van der Waals surface area contributed by atoms with Crippen LogP contribution in [-0.4, -0.2) is 58.7 Å². The highest BCUT2D eigenvalue weighted by Gasteiger charge is 2.23. The van der Waals surface area contributed by atoms with Crippen LogP contribution in [0.5, 0.6) is 0 Å². The zero-order valence-electron chi connectivity index (χ0n) is 13.6. The van der Waals surface area contributed by atoms with E-state index in [-0.39, 0.29) is 22.8 Å². The maximum atomic E-state index is 12.2. The number of sulfone groups is 1. The highest BCUT2D eigenvalue weighted by atomic mass is 32.2. The molecule has 1 saturated heterocycles. The molecule has 1 fully saturated rings. The van der Waals surface area contributed by atoms with E-state index in [1.807, 2.05) is 0 Å². The molecule has 1 N–H and O–H groups in total. The van der Waals surface area contributed by atoms with E-state index in [0.29, 0.717) is 13.1 Å². The van der Waals surface area contributed by atoms with Gasteiger partial charge in [0.25, 0.3) is 5.91 Å². The number of benzene rings is 1. The zero-order chi connectivity index (χ0) is 17.8. The van der Waals surface area contributed by atoms with Gasteiger partial charge >= 0.3 is 0 Å². The van der Waals surface area contributed by atoms with Crippen molar-refractivity contribution in [3.05, 3.63) is 29.8 Å². The number of rotatable bonds is 6. The summed E-state index contributed by atoms with van der Waals surface area (Å²) in [5, 5.41) is 2.53. The van der Waals surface area contributed by atoms with Crippen LogP contribution in [0.3, 0.4) is 0 Å². The highest BCUT2D eigenvalue weighted by Crippen LogP contribution is 2.13. The average Bonchev–Trinajstić information content (AvgIpc) is 2.55. The van der Waals surface area contributed by atoms with Gasteiger partial charge in [0.2, 0.25) is 10.0 Å². The normalized spacial score (nSPS) is 16.7. The lowest BCUT2D eigenvalue weighted by atomic mass is 10.2. The first kappa shape index (κ1) is 18.9. The molecule has 1 amide bonds. The summed E-state index contributed by atoms with van der Waals surface area (Å²) in [5.41, 5.74) is 0.188. The van der Waals surface area contributed by atoms with Crippen molar-refractivity contribution in [1.82, 2.24) is 9.62 Å². The van der Waals surface area contributed by atoms with Gasteiger partial charge in [-0.25, -0.2) is 21.1 Å². The molecule has 1 aliphatic rings. The number of amides is 1. The molecular weight excluding hydrogens is 352 g/mol. The molecule has 9 heteroatoms. The van der Waals surface area contributed by atoms with Gasteiger partial charge in [0.15, 0.2) is 9.84 Å². The maximum absolute atomic E-state index is 12.2. The minimum atomic E-state index is -3.40. The molecule has 2 rings (SSSR count). The molecule has 0 atom stereocenters. The van der Waals surface area contributed by atoms with Crippen molar-refractivity contribution in [1.29, 1.82) is 0 Å². The first-order chi connectivity index (χ1) is 11.2. The molecule has 1 heterocycles. The fourth-order valence-corrected chi connectivity index (χ4v) is 4.64. The molecule has 134 valence electrons. The summed E-state index contributed by atoms with van der Waals surface area (Å²) in [5.74, 6) is -0.654. The van der Waals surface area contributed by atoms with Crippen LogP contribution >= 0.6 is 0 Å². The van der Waals surface area contributed by atoms with Crippen LogP contribution in [0.2, 0.25) is 0 Å². The monoisotopic (exact) mass is 374 g/mol. The van der Waals surface area contributed by atoms with Gasteiger partial charge in [0.05, 0.1) is 10.6 Å². The van der Waals surface area contributed by atoms with Crippen molar-refractivity contribution in [2.45, 2.75) is 24.2 Å². The summed E-state index contributed by atoms with van der Waals surface area (Å²) >= 11 is 0. The van der Waals surface area contributed by atoms with E-state index in [2.05, 4.69) is 5.32 Å². The molecule has 0 saturated carbocycles. The molecule has 0 unspecified atom stereocenters. The van der Waals surface area contributed by atoms with E-state index in [1.165, 1.54) is 28.6 Å². The number of carbonyl (C=O) groups is 1. The molecule has 0 radical (unpaired) electrons. The van der Waals surface area contributed by atoms with Crippen LogP contribution in [0.25, 0.3) is 0 Å². The van der Waals surface area contributed by atoms with Crippen LogP contribution in [0.1, 0.15) is 29.6 Å². The fraction of sp³-hybridized carbons (Fsp3) is 0.533. The summed E-state index contributed by atoms with van der Waals surface area (Å²) < 4.78 is 48.9. The van der Waals surface area contributed by atoms with Gasteiger partial charge in [0.1, 0.15) is 0 Å². The van der Waals surface area contributed by atoms with E-state index >= 15 is 0 Å². The van der Waals surface area contributed by atoms with E-state index in [4.69, 9.17) is 0 Å². The fourth-order valence-electron chi connectivity index (χ4n) is 2.54. The Morgan fingerprint density at radius 3 is 2.42 bits per heavy atom. The van der Waals surface area contributed by atoms with E-state index < -0.39 is 25.8 Å². The molecule has 7 nitrogen and oxygen atoms in total. The van der Waals surface area contributed by atoms with Crippen LogP contribution in [-0.2, 0) is 19.9 Å². The molecule has 1 aromatic rings. The molecule has 1 aliphatic heterocycles. The summed E-state index contributed by atoms with van der Waals surface area (Å²) in [6, 6.07) is 5.66. The van der Waals surface area contributed by atoms with Gasteiger partial charge in [-0.05, 0) is 31.0 Å². The lowest BCUT2D eigenvalue weighted by Gasteiger charge is -2.25. The van der Waals surface area contributed by atoms with Crippen molar-refractivity contribution in [2.24, 2.45) is 0 Å². The molecule has 1 aromatic carbocycles. The Hall–Kier alpha value is -1.45. The van der Waals surface area contributed by atoms with Crippen molar-refractivity contribution >= 4 is 25.8 Å². The van der Waals surface area contributed by atoms with Crippen LogP contribution < -0.4 is 5.32 Å². The Labute approximate surface area is 143 Å². The number of hydrogen-bond donors (Lipinski definition) is 1. The number of hydrogen-bond acceptors (Lipinski definition) is 5. The van der Waals surface area contributed by atoms with Gasteiger partial charge < -0.3 is 5.32 Å². The number of nitrogens with one attached hydrogen (secondary N) is 1. The second kappa shape index (κ2) is 7.62.